The van der Waals surface area contributed by atoms with Gasteiger partial charge in [-0.3, -0.25) is 0 Å². The quantitative estimate of drug-likeness (QED) is 0.722. The van der Waals surface area contributed by atoms with E-state index >= 15 is 0 Å². The Hall–Kier alpha value is -1.74. The van der Waals surface area contributed by atoms with E-state index in [2.05, 4.69) is 24.0 Å². The fourth-order valence-corrected chi connectivity index (χ4v) is 6.81. The van der Waals surface area contributed by atoms with Crippen molar-refractivity contribution in [3.8, 4) is 11.3 Å². The average molecular weight is 434 g/mol. The molecule has 164 valence electrons. The van der Waals surface area contributed by atoms with Crippen LogP contribution in [0.3, 0.4) is 0 Å². The SMILES string of the molecule is CO[C@@H]1C[C@H]2CN(S(=O)(=O)c3cc(-c4cnc(C)o4)ccc3C)C[C@H]2C[C@H]1N(C)C. The molecular weight excluding hydrogens is 402 g/mol. The van der Waals surface area contributed by atoms with Crippen LogP contribution >= 0.6 is 0 Å². The van der Waals surface area contributed by atoms with Crippen molar-refractivity contribution in [3.05, 3.63) is 35.9 Å². The van der Waals surface area contributed by atoms with E-state index in [-0.39, 0.29) is 6.10 Å². The van der Waals surface area contributed by atoms with Crippen LogP contribution in [0.4, 0.5) is 0 Å². The zero-order valence-corrected chi connectivity index (χ0v) is 19.1. The van der Waals surface area contributed by atoms with Gasteiger partial charge >= 0.3 is 0 Å². The van der Waals surface area contributed by atoms with Crippen LogP contribution < -0.4 is 0 Å². The zero-order valence-electron chi connectivity index (χ0n) is 18.3. The van der Waals surface area contributed by atoms with Gasteiger partial charge in [0.25, 0.3) is 0 Å². The summed E-state index contributed by atoms with van der Waals surface area (Å²) in [6.45, 7) is 4.74. The van der Waals surface area contributed by atoms with Gasteiger partial charge in [0.2, 0.25) is 10.0 Å². The van der Waals surface area contributed by atoms with E-state index in [9.17, 15) is 8.42 Å². The number of ether oxygens (including phenoxy) is 1. The topological polar surface area (TPSA) is 75.9 Å². The Labute approximate surface area is 179 Å². The lowest BCUT2D eigenvalue weighted by atomic mass is 9.77. The van der Waals surface area contributed by atoms with E-state index in [1.54, 1.807) is 30.6 Å². The molecular formula is C22H31N3O4S. The molecule has 0 bridgehead atoms. The number of methoxy groups -OCH3 is 1. The first kappa shape index (κ1) is 21.5. The Balaban J connectivity index is 1.61. The van der Waals surface area contributed by atoms with Crippen LogP contribution in [-0.2, 0) is 14.8 Å². The number of fused-ring (bicyclic) bond motifs is 1. The summed E-state index contributed by atoms with van der Waals surface area (Å²) in [5.74, 6) is 1.83. The number of nitrogens with zero attached hydrogens (tertiary/aromatic N) is 3. The van der Waals surface area contributed by atoms with Gasteiger partial charge in [-0.15, -0.1) is 0 Å². The lowest BCUT2D eigenvalue weighted by Gasteiger charge is -2.40. The van der Waals surface area contributed by atoms with Crippen molar-refractivity contribution in [3.63, 3.8) is 0 Å². The molecule has 7 nitrogen and oxygen atoms in total. The van der Waals surface area contributed by atoms with Gasteiger partial charge in [0.1, 0.15) is 0 Å². The summed E-state index contributed by atoms with van der Waals surface area (Å²) in [6, 6.07) is 5.75. The number of sulfonamides is 1. The third-order valence-electron chi connectivity index (χ3n) is 6.73. The van der Waals surface area contributed by atoms with Crippen LogP contribution in [0.15, 0.2) is 33.7 Å². The molecule has 0 N–H and O–H groups in total. The van der Waals surface area contributed by atoms with Crippen LogP contribution in [0, 0.1) is 25.7 Å². The molecule has 2 heterocycles. The van der Waals surface area contributed by atoms with Gasteiger partial charge < -0.3 is 14.1 Å². The van der Waals surface area contributed by atoms with Gasteiger partial charge in [-0.2, -0.15) is 4.31 Å². The van der Waals surface area contributed by atoms with Gasteiger partial charge in [0, 0.05) is 38.7 Å². The molecule has 1 saturated carbocycles. The average Bonchev–Trinajstić information content (AvgIpc) is 3.33. The van der Waals surface area contributed by atoms with Gasteiger partial charge in [0.05, 0.1) is 17.2 Å². The zero-order chi connectivity index (χ0) is 21.6. The minimum Gasteiger partial charge on any atom is -0.441 e. The highest BCUT2D eigenvalue weighted by atomic mass is 32.2. The number of aromatic nitrogens is 1. The minimum absolute atomic E-state index is 0.142. The molecule has 4 rings (SSSR count). The second kappa shape index (κ2) is 8.07. The summed E-state index contributed by atoms with van der Waals surface area (Å²) in [7, 11) is 2.30. The summed E-state index contributed by atoms with van der Waals surface area (Å²) in [6.07, 6.45) is 3.63. The van der Waals surface area contributed by atoms with E-state index in [1.807, 2.05) is 19.1 Å². The molecule has 1 aromatic heterocycles. The summed E-state index contributed by atoms with van der Waals surface area (Å²) in [5, 5.41) is 0. The van der Waals surface area contributed by atoms with Crippen molar-refractivity contribution >= 4 is 10.0 Å². The van der Waals surface area contributed by atoms with Crippen LogP contribution in [0.5, 0.6) is 0 Å². The van der Waals surface area contributed by atoms with Gasteiger partial charge in [-0.05, 0) is 57.3 Å². The summed E-state index contributed by atoms with van der Waals surface area (Å²) in [5.41, 5.74) is 1.47. The lowest BCUT2D eigenvalue weighted by Crippen LogP contribution is -2.47. The molecule has 4 atom stereocenters. The second-order valence-corrected chi connectivity index (χ2v) is 10.7. The Bertz CT molecular complexity index is 1020. The molecule has 1 aromatic carbocycles. The predicted molar refractivity (Wildman–Crippen MR) is 115 cm³/mol. The molecule has 1 saturated heterocycles. The normalized spacial score (nSPS) is 27.5. The first-order valence-corrected chi connectivity index (χ1v) is 11.9. The number of rotatable bonds is 5. The third-order valence-corrected chi connectivity index (χ3v) is 8.70. The molecule has 0 unspecified atom stereocenters. The number of oxazole rings is 1. The van der Waals surface area contributed by atoms with Crippen LogP contribution in [0.25, 0.3) is 11.3 Å². The van der Waals surface area contributed by atoms with Gasteiger partial charge in [-0.25, -0.2) is 13.4 Å². The van der Waals surface area contributed by atoms with Crippen LogP contribution in [0.1, 0.15) is 24.3 Å². The molecule has 0 spiro atoms. The molecule has 1 aliphatic heterocycles. The molecule has 0 amide bonds. The molecule has 1 aliphatic carbocycles. The smallest absolute Gasteiger partial charge is 0.243 e. The number of aryl methyl sites for hydroxylation is 2. The number of hydrogen-bond donors (Lipinski definition) is 0. The van der Waals surface area contributed by atoms with E-state index in [4.69, 9.17) is 9.15 Å². The second-order valence-electron chi connectivity index (χ2n) is 8.84. The van der Waals surface area contributed by atoms with Crippen molar-refractivity contribution in [2.75, 3.05) is 34.3 Å². The highest BCUT2D eigenvalue weighted by molar-refractivity contribution is 7.89. The Morgan fingerprint density at radius 3 is 2.47 bits per heavy atom. The molecule has 2 aliphatic rings. The molecule has 30 heavy (non-hydrogen) atoms. The van der Waals surface area contributed by atoms with Crippen molar-refractivity contribution in [2.24, 2.45) is 11.8 Å². The number of hydrogen-bond acceptors (Lipinski definition) is 6. The number of benzene rings is 1. The Morgan fingerprint density at radius 2 is 1.87 bits per heavy atom. The lowest BCUT2D eigenvalue weighted by molar-refractivity contribution is -0.0209. The molecule has 2 aromatic rings. The molecule has 8 heteroatoms. The third kappa shape index (κ3) is 3.82. The van der Waals surface area contributed by atoms with Gasteiger partial charge in [-0.1, -0.05) is 12.1 Å². The highest BCUT2D eigenvalue weighted by Crippen LogP contribution is 2.41. The largest absolute Gasteiger partial charge is 0.441 e. The maximum atomic E-state index is 13.6. The molecule has 2 fully saturated rings. The predicted octanol–water partition coefficient (Wildman–Crippen LogP) is 2.93. The minimum atomic E-state index is -3.60. The van der Waals surface area contributed by atoms with Crippen molar-refractivity contribution < 1.29 is 17.6 Å². The van der Waals surface area contributed by atoms with Gasteiger partial charge in [0.15, 0.2) is 11.7 Å². The molecule has 0 radical (unpaired) electrons. The fourth-order valence-electron chi connectivity index (χ4n) is 5.01. The standard InChI is InChI=1S/C22H31N3O4S/c1-14-6-7-16(21-11-23-15(2)29-21)10-22(14)30(26,27)25-12-17-8-19(24(3)4)20(28-5)9-18(17)13-25/h6-7,10-11,17-20H,8-9,12-13H2,1-5H3/t17-,18+,19-,20-/m1/s1. The summed E-state index contributed by atoms with van der Waals surface area (Å²) >= 11 is 0. The van der Waals surface area contributed by atoms with Crippen molar-refractivity contribution in [2.45, 2.75) is 43.7 Å². The summed E-state index contributed by atoms with van der Waals surface area (Å²) in [4.78, 5) is 6.68. The van der Waals surface area contributed by atoms with Crippen molar-refractivity contribution in [1.29, 1.82) is 0 Å². The summed E-state index contributed by atoms with van der Waals surface area (Å²) < 4.78 is 40.2. The first-order chi connectivity index (χ1) is 14.2. The van der Waals surface area contributed by atoms with Crippen LogP contribution in [-0.4, -0.2) is 69.0 Å². The highest BCUT2D eigenvalue weighted by Gasteiger charge is 2.46. The van der Waals surface area contributed by atoms with Crippen molar-refractivity contribution in [1.82, 2.24) is 14.2 Å². The van der Waals surface area contributed by atoms with E-state index in [0.29, 0.717) is 47.5 Å². The fraction of sp³-hybridized carbons (Fsp3) is 0.591. The van der Waals surface area contributed by atoms with Crippen LogP contribution in [0.2, 0.25) is 0 Å². The Kier molecular flexibility index (Phi) is 5.78. The maximum absolute atomic E-state index is 13.6. The number of likely N-dealkylation sites (N-methyl/N-ethyl adjacent to an activating group) is 1. The van der Waals surface area contributed by atoms with E-state index in [1.165, 1.54) is 0 Å². The Morgan fingerprint density at radius 1 is 1.17 bits per heavy atom. The van der Waals surface area contributed by atoms with E-state index < -0.39 is 10.0 Å². The monoisotopic (exact) mass is 433 g/mol. The maximum Gasteiger partial charge on any atom is 0.243 e. The van der Waals surface area contributed by atoms with E-state index in [0.717, 1.165) is 24.0 Å². The first-order valence-electron chi connectivity index (χ1n) is 10.4.